The molecule has 2 N–H and O–H groups in total. The van der Waals surface area contributed by atoms with E-state index >= 15 is 0 Å². The van der Waals surface area contributed by atoms with E-state index in [9.17, 15) is 14.0 Å². The molecule has 24 heavy (non-hydrogen) atoms. The molecule has 3 rings (SSSR count). The lowest BCUT2D eigenvalue weighted by molar-refractivity contribution is 0.0905. The highest BCUT2D eigenvalue weighted by atomic mass is 35.5. The van der Waals surface area contributed by atoms with Crippen LogP contribution in [0.2, 0.25) is 5.02 Å². The molecule has 0 bridgehead atoms. The molecule has 1 heterocycles. The molecule has 0 aromatic heterocycles. The van der Waals surface area contributed by atoms with E-state index in [4.69, 9.17) is 11.6 Å². The van der Waals surface area contributed by atoms with E-state index in [0.717, 1.165) is 0 Å². The number of hydrogen-bond acceptors (Lipinski definition) is 2. The smallest absolute Gasteiger partial charge is 0.319 e. The molecule has 1 aliphatic rings. The number of urea groups is 1. The van der Waals surface area contributed by atoms with Crippen LogP contribution < -0.4 is 10.6 Å². The van der Waals surface area contributed by atoms with Gasteiger partial charge in [0.05, 0.1) is 12.0 Å². The molecule has 1 saturated heterocycles. The Morgan fingerprint density at radius 1 is 1.17 bits per heavy atom. The van der Waals surface area contributed by atoms with Crippen LogP contribution in [-0.2, 0) is 0 Å². The monoisotopic (exact) mass is 344 g/mol. The van der Waals surface area contributed by atoms with Crippen LogP contribution in [0.3, 0.4) is 0 Å². The van der Waals surface area contributed by atoms with E-state index in [2.05, 4.69) is 17.2 Å². The minimum atomic E-state index is -0.759. The predicted octanol–water partition coefficient (Wildman–Crippen LogP) is 3.85. The number of benzene rings is 2. The normalized spacial score (nSPS) is 20.2. The number of amides is 2. The van der Waals surface area contributed by atoms with Crippen LogP contribution in [0.25, 0.3) is 0 Å². The van der Waals surface area contributed by atoms with Crippen molar-refractivity contribution in [2.75, 3.05) is 0 Å². The number of hydrogen-bond donors (Lipinski definition) is 2. The molecule has 2 atom stereocenters. The molecule has 6 heteroatoms. The Kier molecular flexibility index (Phi) is 4.36. The summed E-state index contributed by atoms with van der Waals surface area (Å²) in [7, 11) is 0. The summed E-state index contributed by atoms with van der Waals surface area (Å²) < 4.78 is 13.6. The molecule has 0 unspecified atom stereocenters. The average Bonchev–Trinajstić information content (AvgIpc) is 2.54. The van der Waals surface area contributed by atoms with Gasteiger partial charge >= 0.3 is 6.03 Å². The first kappa shape index (κ1) is 16.2. The summed E-state index contributed by atoms with van der Waals surface area (Å²) in [4.78, 5) is 24.7. The summed E-state index contributed by atoms with van der Waals surface area (Å²) in [6.07, 6.45) is 0. The van der Waals surface area contributed by atoms with Gasteiger partial charge in [-0.15, -0.1) is 0 Å². The van der Waals surface area contributed by atoms with E-state index in [1.165, 1.54) is 18.2 Å². The van der Waals surface area contributed by atoms with Gasteiger partial charge < -0.3 is 10.6 Å². The van der Waals surface area contributed by atoms with Crippen LogP contribution in [0, 0.1) is 11.7 Å². The van der Waals surface area contributed by atoms with E-state index in [1.54, 1.807) is 30.3 Å². The third-order valence-electron chi connectivity index (χ3n) is 3.89. The Morgan fingerprint density at radius 2 is 1.88 bits per heavy atom. The second-order valence-corrected chi connectivity index (χ2v) is 5.94. The molecule has 4 nitrogen and oxygen atoms in total. The summed E-state index contributed by atoms with van der Waals surface area (Å²) in [5.74, 6) is -1.44. The second-order valence-electron chi connectivity index (χ2n) is 5.51. The van der Waals surface area contributed by atoms with Gasteiger partial charge in [-0.3, -0.25) is 4.79 Å². The molecular weight excluding hydrogens is 331 g/mol. The van der Waals surface area contributed by atoms with Crippen LogP contribution in [0.5, 0.6) is 0 Å². The molecule has 0 spiro atoms. The average molecular weight is 345 g/mol. The molecule has 1 aliphatic heterocycles. The number of Topliss-reactive ketones (excluding diaryl/α,β-unsaturated/α-hetero) is 1. The van der Waals surface area contributed by atoms with Gasteiger partial charge in [0.1, 0.15) is 5.82 Å². The van der Waals surface area contributed by atoms with Crippen LogP contribution in [0.15, 0.2) is 60.8 Å². The van der Waals surface area contributed by atoms with Crippen LogP contribution >= 0.6 is 11.6 Å². The van der Waals surface area contributed by atoms with Crippen molar-refractivity contribution in [1.82, 2.24) is 10.6 Å². The van der Waals surface area contributed by atoms with Crippen molar-refractivity contribution in [3.05, 3.63) is 82.8 Å². The van der Waals surface area contributed by atoms with Gasteiger partial charge in [-0.1, -0.05) is 30.3 Å². The maximum Gasteiger partial charge on any atom is 0.319 e. The fraction of sp³-hybridized carbons (Fsp3) is 0.111. The summed E-state index contributed by atoms with van der Waals surface area (Å²) >= 11 is 5.85. The van der Waals surface area contributed by atoms with Crippen LogP contribution in [0.1, 0.15) is 22.0 Å². The lowest BCUT2D eigenvalue weighted by Crippen LogP contribution is -2.50. The zero-order chi connectivity index (χ0) is 17.3. The van der Waals surface area contributed by atoms with Gasteiger partial charge in [-0.2, -0.15) is 0 Å². The lowest BCUT2D eigenvalue weighted by Gasteiger charge is -2.34. The van der Waals surface area contributed by atoms with Crippen LogP contribution in [-0.4, -0.2) is 11.8 Å². The van der Waals surface area contributed by atoms with E-state index < -0.39 is 23.8 Å². The first-order chi connectivity index (χ1) is 11.5. The zero-order valence-electron chi connectivity index (χ0n) is 12.6. The van der Waals surface area contributed by atoms with Gasteiger partial charge in [0.15, 0.2) is 5.78 Å². The molecule has 0 radical (unpaired) electrons. The number of carbonyl (C=O) groups is 2. The minimum absolute atomic E-state index is 0.238. The summed E-state index contributed by atoms with van der Waals surface area (Å²) in [5, 5.41) is 5.71. The van der Waals surface area contributed by atoms with Crippen molar-refractivity contribution in [2.24, 2.45) is 5.92 Å². The van der Waals surface area contributed by atoms with Gasteiger partial charge in [-0.25, -0.2) is 9.18 Å². The topological polar surface area (TPSA) is 58.2 Å². The second kappa shape index (κ2) is 6.45. The third-order valence-corrected chi connectivity index (χ3v) is 4.14. The number of carbonyl (C=O) groups excluding carboxylic acids is 2. The van der Waals surface area contributed by atoms with Crippen molar-refractivity contribution in [1.29, 1.82) is 0 Å². The number of nitrogens with one attached hydrogen (secondary N) is 2. The molecule has 2 amide bonds. The predicted molar refractivity (Wildman–Crippen MR) is 89.2 cm³/mol. The van der Waals surface area contributed by atoms with Gasteiger partial charge in [-0.05, 0) is 42.0 Å². The molecule has 1 fully saturated rings. The van der Waals surface area contributed by atoms with Crippen molar-refractivity contribution in [2.45, 2.75) is 6.04 Å². The SMILES string of the molecule is C=C1NC(=O)N[C@H](c2cccc(F)c2)[C@@H]1C(=O)c1ccc(Cl)cc1. The van der Waals surface area contributed by atoms with E-state index in [0.29, 0.717) is 16.1 Å². The highest BCUT2D eigenvalue weighted by Gasteiger charge is 2.38. The van der Waals surface area contributed by atoms with Crippen molar-refractivity contribution < 1.29 is 14.0 Å². The Labute approximate surface area is 143 Å². The zero-order valence-corrected chi connectivity index (χ0v) is 13.3. The number of ketones is 1. The Morgan fingerprint density at radius 3 is 2.54 bits per heavy atom. The van der Waals surface area contributed by atoms with Gasteiger partial charge in [0.25, 0.3) is 0 Å². The fourth-order valence-corrected chi connectivity index (χ4v) is 2.89. The van der Waals surface area contributed by atoms with Gasteiger partial charge in [0.2, 0.25) is 0 Å². The summed E-state index contributed by atoms with van der Waals surface area (Å²) in [6, 6.07) is 11.1. The summed E-state index contributed by atoms with van der Waals surface area (Å²) in [5.41, 5.74) is 1.20. The van der Waals surface area contributed by atoms with Crippen molar-refractivity contribution in [3.8, 4) is 0 Å². The molecular formula is C18H14ClFN2O2. The molecule has 0 aliphatic carbocycles. The van der Waals surface area contributed by atoms with Crippen molar-refractivity contribution >= 4 is 23.4 Å². The molecule has 0 saturated carbocycles. The summed E-state index contributed by atoms with van der Waals surface area (Å²) in [6.45, 7) is 3.80. The largest absolute Gasteiger partial charge is 0.330 e. The fourth-order valence-electron chi connectivity index (χ4n) is 2.76. The molecule has 122 valence electrons. The van der Waals surface area contributed by atoms with Gasteiger partial charge in [0, 0.05) is 16.3 Å². The highest BCUT2D eigenvalue weighted by molar-refractivity contribution is 6.30. The third kappa shape index (κ3) is 3.16. The first-order valence-corrected chi connectivity index (χ1v) is 7.65. The quantitative estimate of drug-likeness (QED) is 0.831. The minimum Gasteiger partial charge on any atom is -0.330 e. The number of rotatable bonds is 3. The maximum absolute atomic E-state index is 13.6. The van der Waals surface area contributed by atoms with Crippen LogP contribution in [0.4, 0.5) is 9.18 Å². The molecule has 2 aromatic rings. The van der Waals surface area contributed by atoms with E-state index in [1.807, 2.05) is 0 Å². The Hall–Kier alpha value is -2.66. The van der Waals surface area contributed by atoms with Crippen molar-refractivity contribution in [3.63, 3.8) is 0 Å². The Balaban J connectivity index is 2.00. The first-order valence-electron chi connectivity index (χ1n) is 7.27. The van der Waals surface area contributed by atoms with E-state index in [-0.39, 0.29) is 11.5 Å². The Bertz CT molecular complexity index is 820. The number of halogens is 2. The maximum atomic E-state index is 13.6. The standard InChI is InChI=1S/C18H14ClFN2O2/c1-10-15(17(23)11-5-7-13(19)8-6-11)16(22-18(24)21-10)12-3-2-4-14(20)9-12/h2-9,15-16H,1H2,(H2,21,22,24)/t15-,16-/m1/s1. The lowest BCUT2D eigenvalue weighted by atomic mass is 9.83. The highest BCUT2D eigenvalue weighted by Crippen LogP contribution is 2.32. The molecule has 2 aromatic carbocycles.